The first-order valence-electron chi connectivity index (χ1n) is 19.1. The molecule has 0 aliphatic rings. The second-order valence-electron chi connectivity index (χ2n) is 13.7. The first kappa shape index (κ1) is 38.2. The Bertz CT molecular complexity index is 2700. The second-order valence-corrected chi connectivity index (χ2v) is 13.7. The molecule has 8 aromatic rings. The van der Waals surface area contributed by atoms with Gasteiger partial charge in [-0.05, 0) is 42.7 Å². The number of aryl methyl sites for hydroxylation is 1. The highest BCUT2D eigenvalue weighted by molar-refractivity contribution is 6.03. The average Bonchev–Trinajstić information content (AvgIpc) is 3.80. The third-order valence-corrected chi connectivity index (χ3v) is 10.0. The number of carbonyl (C=O) groups excluding carboxylic acids is 1. The molecule has 2 heterocycles. The van der Waals surface area contributed by atoms with Crippen LogP contribution in [-0.4, -0.2) is 28.0 Å². The average molecular weight is 785 g/mol. The summed E-state index contributed by atoms with van der Waals surface area (Å²) in [5.41, 5.74) is 13.2. The molecule has 2 N–H and O–H groups in total. The third-order valence-electron chi connectivity index (χ3n) is 10.0. The van der Waals surface area contributed by atoms with Gasteiger partial charge in [0.05, 0.1) is 29.7 Å². The molecule has 6 aromatic carbocycles. The molecule has 0 spiro atoms. The fraction of sp³-hybridized carbons (Fsp3) is 0.125. The fourth-order valence-electron chi connectivity index (χ4n) is 7.20. The standard InChI is InChI=1S/C48H40N4O7/c1-3-55-46-50-41-25-15-24-40(45(53)56-31-42-32(2)57-47(54)58-42)43(41)52(46)30-33-26-28-34(29-27-33)38-22-13-14-23-39(38)44(49)51-59-48(35-16-7-4-8-17-35,36-18-9-5-10-19-36)37-20-11-6-12-21-37/h4-29H,3,30-31H2,1-2H3,(H2,49,51). The topological polar surface area (TPSA) is 144 Å². The maximum atomic E-state index is 13.4. The number of imidazole rings is 1. The van der Waals surface area contributed by atoms with Crippen molar-refractivity contribution in [2.75, 3.05) is 6.61 Å². The highest BCUT2D eigenvalue weighted by Crippen LogP contribution is 2.41. The Morgan fingerprint density at radius 3 is 1.93 bits per heavy atom. The predicted molar refractivity (Wildman–Crippen MR) is 224 cm³/mol. The van der Waals surface area contributed by atoms with Crippen LogP contribution in [-0.2, 0) is 28.3 Å². The van der Waals surface area contributed by atoms with Crippen LogP contribution in [0.25, 0.3) is 22.2 Å². The number of nitrogens with two attached hydrogens (primary N) is 1. The van der Waals surface area contributed by atoms with E-state index >= 15 is 0 Å². The summed E-state index contributed by atoms with van der Waals surface area (Å²) in [7, 11) is 0. The smallest absolute Gasteiger partial charge is 0.465 e. The Labute approximate surface area is 339 Å². The van der Waals surface area contributed by atoms with Gasteiger partial charge in [-0.15, -0.1) is 0 Å². The molecule has 0 radical (unpaired) electrons. The van der Waals surface area contributed by atoms with E-state index in [2.05, 4.69) is 10.1 Å². The summed E-state index contributed by atoms with van der Waals surface area (Å²) in [4.78, 5) is 36.3. The van der Waals surface area contributed by atoms with E-state index in [0.29, 0.717) is 35.8 Å². The van der Waals surface area contributed by atoms with Gasteiger partial charge < -0.3 is 28.9 Å². The summed E-state index contributed by atoms with van der Waals surface area (Å²) in [6.45, 7) is 3.88. The van der Waals surface area contributed by atoms with Gasteiger partial charge >= 0.3 is 11.8 Å². The molecule has 0 saturated carbocycles. The third kappa shape index (κ3) is 7.73. The molecular weight excluding hydrogens is 745 g/mol. The molecule has 0 saturated heterocycles. The molecule has 0 amide bonds. The number of hydrogen-bond donors (Lipinski definition) is 1. The van der Waals surface area contributed by atoms with Crippen LogP contribution in [0.15, 0.2) is 177 Å². The first-order valence-corrected chi connectivity index (χ1v) is 19.1. The van der Waals surface area contributed by atoms with Crippen molar-refractivity contribution < 1.29 is 27.9 Å². The lowest BCUT2D eigenvalue weighted by Crippen LogP contribution is -2.32. The number of esters is 1. The first-order chi connectivity index (χ1) is 28.9. The summed E-state index contributed by atoms with van der Waals surface area (Å²) >= 11 is 0. The Morgan fingerprint density at radius 1 is 0.746 bits per heavy atom. The minimum atomic E-state index is -1.09. The second kappa shape index (κ2) is 16.8. The van der Waals surface area contributed by atoms with Crippen molar-refractivity contribution in [1.82, 2.24) is 9.55 Å². The van der Waals surface area contributed by atoms with E-state index in [4.69, 9.17) is 28.9 Å². The maximum absolute atomic E-state index is 13.4. The number of amidine groups is 1. The number of fused-ring (bicyclic) bond motifs is 1. The molecule has 0 aliphatic carbocycles. The van der Waals surface area contributed by atoms with Crippen LogP contribution in [0.2, 0.25) is 0 Å². The normalized spacial score (nSPS) is 11.7. The molecule has 59 heavy (non-hydrogen) atoms. The van der Waals surface area contributed by atoms with Crippen molar-refractivity contribution in [2.45, 2.75) is 32.6 Å². The Balaban J connectivity index is 1.10. The molecule has 0 fully saturated rings. The van der Waals surface area contributed by atoms with Crippen LogP contribution < -0.4 is 16.3 Å². The molecule has 11 heteroatoms. The number of rotatable bonds is 14. The number of para-hydroxylation sites is 1. The van der Waals surface area contributed by atoms with Crippen molar-refractivity contribution in [3.8, 4) is 17.1 Å². The lowest BCUT2D eigenvalue weighted by molar-refractivity contribution is 0.0171. The van der Waals surface area contributed by atoms with Gasteiger partial charge in [-0.1, -0.05) is 151 Å². The summed E-state index contributed by atoms with van der Waals surface area (Å²) < 4.78 is 23.2. The molecule has 11 nitrogen and oxygen atoms in total. The van der Waals surface area contributed by atoms with Gasteiger partial charge in [0.15, 0.2) is 24.0 Å². The van der Waals surface area contributed by atoms with Crippen molar-refractivity contribution >= 4 is 22.8 Å². The quantitative estimate of drug-likeness (QED) is 0.0376. The van der Waals surface area contributed by atoms with Gasteiger partial charge in [0.1, 0.15) is 0 Å². The molecule has 2 aromatic heterocycles. The Morgan fingerprint density at radius 2 is 1.34 bits per heavy atom. The van der Waals surface area contributed by atoms with Gasteiger partial charge in [-0.3, -0.25) is 4.57 Å². The lowest BCUT2D eigenvalue weighted by Gasteiger charge is -2.33. The van der Waals surface area contributed by atoms with E-state index in [1.807, 2.05) is 157 Å². The maximum Gasteiger partial charge on any atom is 0.519 e. The number of benzene rings is 6. The molecule has 0 aliphatic heterocycles. The van der Waals surface area contributed by atoms with Crippen molar-refractivity contribution in [1.29, 1.82) is 0 Å². The summed E-state index contributed by atoms with van der Waals surface area (Å²) in [6.07, 6.45) is 0. The minimum absolute atomic E-state index is 0.140. The van der Waals surface area contributed by atoms with Crippen LogP contribution >= 0.6 is 0 Å². The van der Waals surface area contributed by atoms with E-state index in [0.717, 1.165) is 33.4 Å². The van der Waals surface area contributed by atoms with Gasteiger partial charge in [-0.2, -0.15) is 4.98 Å². The van der Waals surface area contributed by atoms with Gasteiger partial charge in [-0.25, -0.2) is 9.59 Å². The highest BCUT2D eigenvalue weighted by atomic mass is 16.7. The highest BCUT2D eigenvalue weighted by Gasteiger charge is 2.39. The zero-order valence-electron chi connectivity index (χ0n) is 32.4. The van der Waals surface area contributed by atoms with Crippen LogP contribution in [0, 0.1) is 6.92 Å². The fourth-order valence-corrected chi connectivity index (χ4v) is 7.20. The molecule has 294 valence electrons. The molecular formula is C48H40N4O7. The number of ether oxygens (including phenoxy) is 2. The number of hydrogen-bond acceptors (Lipinski definition) is 9. The molecule has 0 atom stereocenters. The van der Waals surface area contributed by atoms with Gasteiger partial charge in [0, 0.05) is 22.3 Å². The zero-order chi connectivity index (χ0) is 40.8. The number of carbonyl (C=O) groups is 1. The lowest BCUT2D eigenvalue weighted by atomic mass is 9.80. The van der Waals surface area contributed by atoms with Crippen molar-refractivity contribution in [3.05, 3.63) is 213 Å². The Kier molecular flexibility index (Phi) is 10.9. The van der Waals surface area contributed by atoms with E-state index < -0.39 is 17.4 Å². The summed E-state index contributed by atoms with van der Waals surface area (Å²) in [6, 6.07) is 51.4. The monoisotopic (exact) mass is 784 g/mol. The van der Waals surface area contributed by atoms with Crippen LogP contribution in [0.3, 0.4) is 0 Å². The zero-order valence-corrected chi connectivity index (χ0v) is 32.4. The Hall–Kier alpha value is -7.66. The molecule has 0 bridgehead atoms. The van der Waals surface area contributed by atoms with Crippen molar-refractivity contribution in [3.63, 3.8) is 0 Å². The van der Waals surface area contributed by atoms with Crippen molar-refractivity contribution in [2.24, 2.45) is 10.9 Å². The predicted octanol–water partition coefficient (Wildman–Crippen LogP) is 8.99. The minimum Gasteiger partial charge on any atom is -0.465 e. The van der Waals surface area contributed by atoms with Crippen LogP contribution in [0.1, 0.15) is 56.6 Å². The van der Waals surface area contributed by atoms with Gasteiger partial charge in [0.25, 0.3) is 6.01 Å². The number of aromatic nitrogens is 2. The van der Waals surface area contributed by atoms with E-state index in [1.165, 1.54) is 0 Å². The number of oxime groups is 1. The summed E-state index contributed by atoms with van der Waals surface area (Å²) in [5, 5.41) is 4.67. The van der Waals surface area contributed by atoms with Gasteiger partial charge in [0.2, 0.25) is 5.60 Å². The van der Waals surface area contributed by atoms with E-state index in [-0.39, 0.29) is 29.5 Å². The van der Waals surface area contributed by atoms with Crippen LogP contribution in [0.4, 0.5) is 0 Å². The van der Waals surface area contributed by atoms with E-state index in [9.17, 15) is 9.59 Å². The van der Waals surface area contributed by atoms with Crippen LogP contribution in [0.5, 0.6) is 6.01 Å². The number of nitrogens with zero attached hydrogens (tertiary/aromatic N) is 3. The van der Waals surface area contributed by atoms with E-state index in [1.54, 1.807) is 19.1 Å². The SMILES string of the molecule is CCOc1nc2cccc(C(=O)OCc3oc(=O)oc3C)c2n1Cc1ccc(-c2ccccc2C(N)=NOC(c2ccccc2)(c2ccccc2)c2ccccc2)cc1. The largest absolute Gasteiger partial charge is 0.519 e. The molecule has 8 rings (SSSR count). The molecule has 0 unspecified atom stereocenters. The summed E-state index contributed by atoms with van der Waals surface area (Å²) in [5.74, 6) is -0.877.